The zero-order chi connectivity index (χ0) is 10.7. The van der Waals surface area contributed by atoms with Gasteiger partial charge in [-0.15, -0.1) is 0 Å². The van der Waals surface area contributed by atoms with Gasteiger partial charge in [-0.25, -0.2) is 5.01 Å². The van der Waals surface area contributed by atoms with Crippen LogP contribution in [0.4, 0.5) is 0 Å². The smallest absolute Gasteiger partial charge is 0.238 e. The number of carbonyl (C=O) groups excluding carboxylic acids is 1. The van der Waals surface area contributed by atoms with Crippen molar-refractivity contribution in [2.75, 3.05) is 26.7 Å². The van der Waals surface area contributed by atoms with E-state index in [-0.39, 0.29) is 5.91 Å². The lowest BCUT2D eigenvalue weighted by atomic mass is 10.0. The minimum Gasteiger partial charge on any atom is -0.314 e. The number of amides is 1. The number of rotatable bonds is 3. The SMILES string of the molecule is CN1CCC(=O)N1CCC1CCCCN1. The molecule has 2 fully saturated rings. The summed E-state index contributed by atoms with van der Waals surface area (Å²) in [5, 5.41) is 7.46. The fourth-order valence-electron chi connectivity index (χ4n) is 2.44. The number of nitrogens with zero attached hydrogens (tertiary/aromatic N) is 2. The highest BCUT2D eigenvalue weighted by Gasteiger charge is 2.26. The first-order valence-electron chi connectivity index (χ1n) is 6.02. The molecule has 1 amide bonds. The van der Waals surface area contributed by atoms with Gasteiger partial charge in [-0.3, -0.25) is 9.80 Å². The van der Waals surface area contributed by atoms with Crippen molar-refractivity contribution in [2.24, 2.45) is 0 Å². The average molecular weight is 211 g/mol. The van der Waals surface area contributed by atoms with Gasteiger partial charge in [0, 0.05) is 32.6 Å². The third kappa shape index (κ3) is 2.69. The second-order valence-corrected chi connectivity index (χ2v) is 4.58. The van der Waals surface area contributed by atoms with Gasteiger partial charge in [0.05, 0.1) is 0 Å². The minimum absolute atomic E-state index is 0.285. The molecule has 0 aliphatic carbocycles. The third-order valence-corrected chi connectivity index (χ3v) is 3.45. The first-order valence-corrected chi connectivity index (χ1v) is 6.02. The molecule has 0 aromatic carbocycles. The lowest BCUT2D eigenvalue weighted by Crippen LogP contribution is -2.41. The van der Waals surface area contributed by atoms with Crippen LogP contribution in [0, 0.1) is 0 Å². The van der Waals surface area contributed by atoms with Gasteiger partial charge in [-0.1, -0.05) is 6.42 Å². The van der Waals surface area contributed by atoms with Gasteiger partial charge in [0.2, 0.25) is 5.91 Å². The topological polar surface area (TPSA) is 35.6 Å². The van der Waals surface area contributed by atoms with Crippen molar-refractivity contribution in [3.8, 4) is 0 Å². The van der Waals surface area contributed by atoms with Crippen molar-refractivity contribution in [1.29, 1.82) is 0 Å². The summed E-state index contributed by atoms with van der Waals surface area (Å²) in [6.45, 7) is 2.92. The summed E-state index contributed by atoms with van der Waals surface area (Å²) in [4.78, 5) is 11.5. The van der Waals surface area contributed by atoms with E-state index >= 15 is 0 Å². The Labute approximate surface area is 91.6 Å². The van der Waals surface area contributed by atoms with Crippen molar-refractivity contribution < 1.29 is 4.79 Å². The van der Waals surface area contributed by atoms with E-state index < -0.39 is 0 Å². The van der Waals surface area contributed by atoms with Crippen LogP contribution in [0.25, 0.3) is 0 Å². The molecule has 2 aliphatic heterocycles. The monoisotopic (exact) mass is 211 g/mol. The van der Waals surface area contributed by atoms with E-state index in [1.807, 2.05) is 17.1 Å². The van der Waals surface area contributed by atoms with Crippen LogP contribution in [-0.4, -0.2) is 48.6 Å². The Bertz CT molecular complexity index is 226. The quantitative estimate of drug-likeness (QED) is 0.742. The minimum atomic E-state index is 0.285. The highest BCUT2D eigenvalue weighted by Crippen LogP contribution is 2.14. The van der Waals surface area contributed by atoms with Crippen LogP contribution in [0.3, 0.4) is 0 Å². The first kappa shape index (κ1) is 10.9. The summed E-state index contributed by atoms with van der Waals surface area (Å²) in [7, 11) is 2.00. The van der Waals surface area contributed by atoms with Gasteiger partial charge in [-0.05, 0) is 25.8 Å². The van der Waals surface area contributed by atoms with Gasteiger partial charge in [0.1, 0.15) is 0 Å². The molecule has 1 unspecified atom stereocenters. The van der Waals surface area contributed by atoms with Gasteiger partial charge in [0.15, 0.2) is 0 Å². The van der Waals surface area contributed by atoms with Gasteiger partial charge >= 0.3 is 0 Å². The predicted molar refractivity (Wildman–Crippen MR) is 59.2 cm³/mol. The van der Waals surface area contributed by atoms with E-state index in [1.165, 1.54) is 19.3 Å². The van der Waals surface area contributed by atoms with E-state index in [4.69, 9.17) is 0 Å². The second kappa shape index (κ2) is 4.94. The highest BCUT2D eigenvalue weighted by molar-refractivity contribution is 5.77. The molecule has 2 saturated heterocycles. The van der Waals surface area contributed by atoms with Crippen LogP contribution in [0.2, 0.25) is 0 Å². The van der Waals surface area contributed by atoms with Crippen LogP contribution in [-0.2, 0) is 4.79 Å². The summed E-state index contributed by atoms with van der Waals surface area (Å²) < 4.78 is 0. The second-order valence-electron chi connectivity index (χ2n) is 4.58. The van der Waals surface area contributed by atoms with Gasteiger partial charge in [0.25, 0.3) is 0 Å². The Kier molecular flexibility index (Phi) is 3.59. The zero-order valence-corrected chi connectivity index (χ0v) is 9.54. The summed E-state index contributed by atoms with van der Waals surface area (Å²) in [5.74, 6) is 0.285. The molecule has 0 bridgehead atoms. The van der Waals surface area contributed by atoms with Crippen LogP contribution in [0.5, 0.6) is 0 Å². The van der Waals surface area contributed by atoms with Crippen molar-refractivity contribution in [3.05, 3.63) is 0 Å². The molecule has 4 heteroatoms. The molecule has 0 spiro atoms. The first-order chi connectivity index (χ1) is 7.27. The Balaban J connectivity index is 1.74. The van der Waals surface area contributed by atoms with Crippen molar-refractivity contribution in [3.63, 3.8) is 0 Å². The maximum atomic E-state index is 11.5. The third-order valence-electron chi connectivity index (χ3n) is 3.45. The van der Waals surface area contributed by atoms with Crippen molar-refractivity contribution in [2.45, 2.75) is 38.1 Å². The lowest BCUT2D eigenvalue weighted by Gasteiger charge is -2.28. The molecule has 86 valence electrons. The van der Waals surface area contributed by atoms with Gasteiger partial charge < -0.3 is 5.32 Å². The van der Waals surface area contributed by atoms with E-state index in [0.29, 0.717) is 12.5 Å². The number of piperidine rings is 1. The van der Waals surface area contributed by atoms with Crippen molar-refractivity contribution in [1.82, 2.24) is 15.3 Å². The summed E-state index contributed by atoms with van der Waals surface area (Å²) in [6, 6.07) is 0.626. The normalized spacial score (nSPS) is 28.7. The highest BCUT2D eigenvalue weighted by atomic mass is 16.2. The van der Waals surface area contributed by atoms with Crippen LogP contribution >= 0.6 is 0 Å². The molecule has 2 heterocycles. The molecule has 1 N–H and O–H groups in total. The Morgan fingerprint density at radius 3 is 2.93 bits per heavy atom. The average Bonchev–Trinajstić information content (AvgIpc) is 2.58. The number of hydrogen-bond acceptors (Lipinski definition) is 3. The van der Waals surface area contributed by atoms with Crippen molar-refractivity contribution >= 4 is 5.91 Å². The van der Waals surface area contributed by atoms with Crippen LogP contribution < -0.4 is 5.32 Å². The fraction of sp³-hybridized carbons (Fsp3) is 0.909. The molecule has 0 saturated carbocycles. The molecule has 0 radical (unpaired) electrons. The molecule has 2 aliphatic rings. The number of nitrogens with one attached hydrogen (secondary N) is 1. The number of hydrogen-bond donors (Lipinski definition) is 1. The Morgan fingerprint density at radius 2 is 2.33 bits per heavy atom. The molecule has 15 heavy (non-hydrogen) atoms. The Morgan fingerprint density at radius 1 is 1.47 bits per heavy atom. The molecular formula is C11H21N3O. The maximum Gasteiger partial charge on any atom is 0.238 e. The number of carbonyl (C=O) groups is 1. The predicted octanol–water partition coefficient (Wildman–Crippen LogP) is 0.598. The van der Waals surface area contributed by atoms with E-state index in [2.05, 4.69) is 5.32 Å². The summed E-state index contributed by atoms with van der Waals surface area (Å²) >= 11 is 0. The summed E-state index contributed by atoms with van der Waals surface area (Å²) in [6.07, 6.45) is 5.69. The van der Waals surface area contributed by atoms with E-state index in [0.717, 1.165) is 26.1 Å². The molecule has 4 nitrogen and oxygen atoms in total. The number of hydrazine groups is 1. The van der Waals surface area contributed by atoms with Crippen LogP contribution in [0.1, 0.15) is 32.1 Å². The van der Waals surface area contributed by atoms with Gasteiger partial charge in [-0.2, -0.15) is 0 Å². The molecule has 0 aromatic rings. The van der Waals surface area contributed by atoms with E-state index in [1.54, 1.807) is 0 Å². The zero-order valence-electron chi connectivity index (χ0n) is 9.54. The van der Waals surface area contributed by atoms with E-state index in [9.17, 15) is 4.79 Å². The largest absolute Gasteiger partial charge is 0.314 e. The standard InChI is InChI=1S/C11H21N3O/c1-13-8-6-11(15)14(13)9-5-10-4-2-3-7-12-10/h10,12H,2-9H2,1H3. The maximum absolute atomic E-state index is 11.5. The molecular weight excluding hydrogens is 190 g/mol. The molecule has 2 rings (SSSR count). The molecule has 0 aromatic heterocycles. The van der Waals surface area contributed by atoms with Crippen LogP contribution in [0.15, 0.2) is 0 Å². The summed E-state index contributed by atoms with van der Waals surface area (Å²) in [5.41, 5.74) is 0. The molecule has 1 atom stereocenters. The fourth-order valence-corrected chi connectivity index (χ4v) is 2.44. The lowest BCUT2D eigenvalue weighted by molar-refractivity contribution is -0.136. The Hall–Kier alpha value is -0.610.